The van der Waals surface area contributed by atoms with Crippen LogP contribution in [0.4, 0.5) is 4.39 Å². The largest absolute Gasteiger partial charge is 0.387 e. The fourth-order valence-electron chi connectivity index (χ4n) is 1.77. The highest BCUT2D eigenvalue weighted by Crippen LogP contribution is 2.17. The molecule has 2 aromatic rings. The highest BCUT2D eigenvalue weighted by molar-refractivity contribution is 7.11. The Hall–Kier alpha value is -1.23. The molecule has 1 unspecified atom stereocenters. The van der Waals surface area contributed by atoms with Crippen LogP contribution in [0.25, 0.3) is 0 Å². The van der Waals surface area contributed by atoms with Crippen molar-refractivity contribution >= 4 is 11.3 Å². The molecule has 0 aliphatic carbocycles. The van der Waals surface area contributed by atoms with Gasteiger partial charge in [-0.3, -0.25) is 0 Å². The van der Waals surface area contributed by atoms with Gasteiger partial charge in [0.2, 0.25) is 0 Å². The number of rotatable bonds is 5. The van der Waals surface area contributed by atoms with Gasteiger partial charge in [0.05, 0.1) is 6.10 Å². The molecule has 1 heterocycles. The quantitative estimate of drug-likeness (QED) is 0.871. The molecule has 1 aromatic heterocycles. The summed E-state index contributed by atoms with van der Waals surface area (Å²) in [5, 5.41) is 13.0. The number of benzene rings is 1. The summed E-state index contributed by atoms with van der Waals surface area (Å²) in [6.07, 6.45) is -0.813. The van der Waals surface area contributed by atoms with E-state index in [1.165, 1.54) is 15.8 Å². The molecular weight excluding hydrogens is 249 g/mol. The highest BCUT2D eigenvalue weighted by Gasteiger charge is 2.11. The summed E-state index contributed by atoms with van der Waals surface area (Å²) in [5.74, 6) is -0.362. The average Bonchev–Trinajstić information content (AvgIpc) is 2.75. The molecule has 0 aliphatic heterocycles. The minimum Gasteiger partial charge on any atom is -0.387 e. The van der Waals surface area contributed by atoms with E-state index in [0.29, 0.717) is 18.7 Å². The summed E-state index contributed by atoms with van der Waals surface area (Å²) < 4.78 is 13.4. The van der Waals surface area contributed by atoms with Crippen molar-refractivity contribution in [1.29, 1.82) is 0 Å². The van der Waals surface area contributed by atoms with Crippen LogP contribution in [0.2, 0.25) is 0 Å². The first kappa shape index (κ1) is 13.2. The minimum absolute atomic E-state index is 0.340. The van der Waals surface area contributed by atoms with Gasteiger partial charge in [-0.05, 0) is 25.1 Å². The Bertz CT molecular complexity index is 512. The van der Waals surface area contributed by atoms with E-state index in [0.717, 1.165) is 0 Å². The Labute approximate surface area is 110 Å². The van der Waals surface area contributed by atoms with Crippen molar-refractivity contribution in [2.45, 2.75) is 19.6 Å². The van der Waals surface area contributed by atoms with E-state index in [1.54, 1.807) is 29.5 Å². The van der Waals surface area contributed by atoms with Gasteiger partial charge in [0.15, 0.2) is 0 Å². The molecule has 0 amide bonds. The van der Waals surface area contributed by atoms with Crippen LogP contribution in [0.15, 0.2) is 36.4 Å². The summed E-state index contributed by atoms with van der Waals surface area (Å²) in [6.45, 7) is 3.10. The van der Waals surface area contributed by atoms with Gasteiger partial charge in [0.25, 0.3) is 0 Å². The maximum atomic E-state index is 13.4. The number of aliphatic hydroxyl groups is 1. The fourth-order valence-corrected chi connectivity index (χ4v) is 2.63. The molecule has 2 N–H and O–H groups in total. The third-order valence-corrected chi connectivity index (χ3v) is 3.70. The lowest BCUT2D eigenvalue weighted by Crippen LogP contribution is -2.21. The zero-order valence-corrected chi connectivity index (χ0v) is 11.0. The second-order valence-corrected chi connectivity index (χ2v) is 5.55. The summed E-state index contributed by atoms with van der Waals surface area (Å²) >= 11 is 1.72. The lowest BCUT2D eigenvalue weighted by molar-refractivity contribution is 0.170. The number of aryl methyl sites for hydroxylation is 1. The van der Waals surface area contributed by atoms with Crippen molar-refractivity contribution in [3.8, 4) is 0 Å². The van der Waals surface area contributed by atoms with Crippen LogP contribution >= 0.6 is 11.3 Å². The van der Waals surface area contributed by atoms with Crippen molar-refractivity contribution in [3.63, 3.8) is 0 Å². The smallest absolute Gasteiger partial charge is 0.129 e. The number of aliphatic hydroxyl groups excluding tert-OH is 1. The Balaban J connectivity index is 1.85. The van der Waals surface area contributed by atoms with Gasteiger partial charge in [-0.15, -0.1) is 11.3 Å². The molecule has 0 saturated heterocycles. The first-order chi connectivity index (χ1) is 8.66. The third kappa shape index (κ3) is 3.38. The van der Waals surface area contributed by atoms with Crippen molar-refractivity contribution < 1.29 is 9.50 Å². The van der Waals surface area contributed by atoms with Gasteiger partial charge in [-0.25, -0.2) is 4.39 Å². The van der Waals surface area contributed by atoms with E-state index in [-0.39, 0.29) is 5.82 Å². The molecule has 0 aliphatic rings. The van der Waals surface area contributed by atoms with E-state index in [9.17, 15) is 9.50 Å². The van der Waals surface area contributed by atoms with Crippen LogP contribution in [-0.2, 0) is 6.54 Å². The molecule has 4 heteroatoms. The van der Waals surface area contributed by atoms with Crippen LogP contribution in [0.1, 0.15) is 21.4 Å². The zero-order valence-electron chi connectivity index (χ0n) is 10.2. The maximum absolute atomic E-state index is 13.4. The van der Waals surface area contributed by atoms with Crippen LogP contribution < -0.4 is 5.32 Å². The third-order valence-electron chi connectivity index (χ3n) is 2.70. The van der Waals surface area contributed by atoms with Gasteiger partial charge >= 0.3 is 0 Å². The molecule has 18 heavy (non-hydrogen) atoms. The molecule has 1 atom stereocenters. The topological polar surface area (TPSA) is 32.3 Å². The number of nitrogens with one attached hydrogen (secondary N) is 1. The molecular formula is C14H16FNOS. The van der Waals surface area contributed by atoms with E-state index < -0.39 is 6.10 Å². The van der Waals surface area contributed by atoms with E-state index in [4.69, 9.17) is 0 Å². The molecule has 96 valence electrons. The molecule has 0 radical (unpaired) electrons. The van der Waals surface area contributed by atoms with E-state index in [2.05, 4.69) is 24.4 Å². The van der Waals surface area contributed by atoms with Crippen molar-refractivity contribution in [3.05, 3.63) is 57.5 Å². The van der Waals surface area contributed by atoms with Gasteiger partial charge < -0.3 is 10.4 Å². The molecule has 2 nitrogen and oxygen atoms in total. The predicted octanol–water partition coefficient (Wildman–Crippen LogP) is 3.02. The fraction of sp³-hybridized carbons (Fsp3) is 0.286. The van der Waals surface area contributed by atoms with E-state index >= 15 is 0 Å². The number of hydrogen-bond donors (Lipinski definition) is 2. The minimum atomic E-state index is -0.813. The van der Waals surface area contributed by atoms with Crippen LogP contribution in [0, 0.1) is 12.7 Å². The Morgan fingerprint density at radius 3 is 2.72 bits per heavy atom. The van der Waals surface area contributed by atoms with Crippen LogP contribution in [0.3, 0.4) is 0 Å². The summed E-state index contributed by atoms with van der Waals surface area (Å²) in [6, 6.07) is 10.4. The summed E-state index contributed by atoms with van der Waals surface area (Å²) in [7, 11) is 0. The SMILES string of the molecule is Cc1ccc(CNCC(O)c2ccccc2F)s1. The first-order valence-corrected chi connectivity index (χ1v) is 6.67. The molecule has 2 rings (SSSR count). The molecule has 1 aromatic carbocycles. The molecule has 0 fully saturated rings. The number of halogens is 1. The van der Waals surface area contributed by atoms with Gasteiger partial charge in [-0.2, -0.15) is 0 Å². The highest BCUT2D eigenvalue weighted by atomic mass is 32.1. The van der Waals surface area contributed by atoms with E-state index in [1.807, 2.05) is 0 Å². The van der Waals surface area contributed by atoms with Gasteiger partial charge in [0, 0.05) is 28.4 Å². The van der Waals surface area contributed by atoms with Crippen molar-refractivity contribution in [2.24, 2.45) is 0 Å². The zero-order chi connectivity index (χ0) is 13.0. The number of hydrogen-bond acceptors (Lipinski definition) is 3. The Morgan fingerprint density at radius 2 is 2.06 bits per heavy atom. The second-order valence-electron chi connectivity index (χ2n) is 4.18. The Kier molecular flexibility index (Phi) is 4.47. The lowest BCUT2D eigenvalue weighted by atomic mass is 10.1. The average molecular weight is 265 g/mol. The summed E-state index contributed by atoms with van der Waals surface area (Å²) in [5.41, 5.74) is 0.340. The lowest BCUT2D eigenvalue weighted by Gasteiger charge is -2.12. The monoisotopic (exact) mass is 265 g/mol. The number of thiophene rings is 1. The summed E-state index contributed by atoms with van der Waals surface area (Å²) in [4.78, 5) is 2.48. The predicted molar refractivity (Wildman–Crippen MR) is 72.1 cm³/mol. The van der Waals surface area contributed by atoms with Crippen molar-refractivity contribution in [2.75, 3.05) is 6.54 Å². The van der Waals surface area contributed by atoms with Crippen molar-refractivity contribution in [1.82, 2.24) is 5.32 Å². The molecule has 0 bridgehead atoms. The molecule has 0 saturated carbocycles. The second kappa shape index (κ2) is 6.09. The normalized spacial score (nSPS) is 12.6. The standard InChI is InChI=1S/C14H16FNOS/c1-10-6-7-11(18-10)8-16-9-14(17)12-4-2-3-5-13(12)15/h2-7,14,16-17H,8-9H2,1H3. The van der Waals surface area contributed by atoms with Gasteiger partial charge in [0.1, 0.15) is 5.82 Å². The van der Waals surface area contributed by atoms with Crippen LogP contribution in [-0.4, -0.2) is 11.7 Å². The Morgan fingerprint density at radius 1 is 1.28 bits per heavy atom. The van der Waals surface area contributed by atoms with Crippen LogP contribution in [0.5, 0.6) is 0 Å². The maximum Gasteiger partial charge on any atom is 0.129 e. The first-order valence-electron chi connectivity index (χ1n) is 5.85. The van der Waals surface area contributed by atoms with Gasteiger partial charge in [-0.1, -0.05) is 18.2 Å². The molecule has 0 spiro atoms.